The summed E-state index contributed by atoms with van der Waals surface area (Å²) in [5.74, 6) is -0.930. The summed E-state index contributed by atoms with van der Waals surface area (Å²) in [6.45, 7) is 5.40. The number of rotatable bonds is 9. The fraction of sp³-hybridized carbons (Fsp3) is 0.269. The molecule has 174 valence electrons. The standard InChI is InChI=1S/C26H29FN2O3S/c1-19(2)17-24(21-9-5-4-6-10-21)28-26(30)18-29(25-12-8-7-11-23(25)27)33(31,32)22-15-13-20(3)14-16-22/h4-16,19,24H,17-18H2,1-3H3,(H,28,30). The van der Waals surface area contributed by atoms with Gasteiger partial charge in [0.25, 0.3) is 10.0 Å². The van der Waals surface area contributed by atoms with Gasteiger partial charge in [0.05, 0.1) is 16.6 Å². The second-order valence-electron chi connectivity index (χ2n) is 8.44. The molecule has 3 aromatic rings. The average Bonchev–Trinajstić information content (AvgIpc) is 2.78. The molecule has 7 heteroatoms. The van der Waals surface area contributed by atoms with Gasteiger partial charge < -0.3 is 5.32 Å². The minimum Gasteiger partial charge on any atom is -0.348 e. The number of para-hydroxylation sites is 1. The van der Waals surface area contributed by atoms with Crippen LogP contribution in [-0.4, -0.2) is 20.9 Å². The monoisotopic (exact) mass is 468 g/mol. The first-order chi connectivity index (χ1) is 15.7. The minimum absolute atomic E-state index is 0.00839. The lowest BCUT2D eigenvalue weighted by Gasteiger charge is -2.27. The quantitative estimate of drug-likeness (QED) is 0.467. The maximum absolute atomic E-state index is 14.7. The van der Waals surface area contributed by atoms with Crippen molar-refractivity contribution >= 4 is 21.6 Å². The van der Waals surface area contributed by atoms with E-state index in [1.165, 1.54) is 30.3 Å². The Morgan fingerprint density at radius 2 is 1.55 bits per heavy atom. The predicted molar refractivity (Wildman–Crippen MR) is 129 cm³/mol. The third-order valence-electron chi connectivity index (χ3n) is 5.26. The Labute approximate surface area is 195 Å². The number of sulfonamides is 1. The van der Waals surface area contributed by atoms with Gasteiger partial charge in [-0.2, -0.15) is 0 Å². The zero-order chi connectivity index (χ0) is 24.0. The molecule has 3 rings (SSSR count). The summed E-state index contributed by atoms with van der Waals surface area (Å²) < 4.78 is 42.4. The van der Waals surface area contributed by atoms with Crippen molar-refractivity contribution in [3.05, 3.63) is 95.8 Å². The van der Waals surface area contributed by atoms with Crippen LogP contribution in [0.2, 0.25) is 0 Å². The summed E-state index contributed by atoms with van der Waals surface area (Å²) in [5, 5.41) is 2.95. The third-order valence-corrected chi connectivity index (χ3v) is 7.04. The van der Waals surface area contributed by atoms with Crippen molar-refractivity contribution in [2.24, 2.45) is 5.92 Å². The van der Waals surface area contributed by atoms with Gasteiger partial charge >= 0.3 is 0 Å². The highest BCUT2D eigenvalue weighted by molar-refractivity contribution is 7.92. The molecule has 1 unspecified atom stereocenters. The molecule has 0 spiro atoms. The van der Waals surface area contributed by atoms with Crippen LogP contribution in [-0.2, 0) is 14.8 Å². The summed E-state index contributed by atoms with van der Waals surface area (Å²) in [7, 11) is -4.18. The highest BCUT2D eigenvalue weighted by atomic mass is 32.2. The van der Waals surface area contributed by atoms with E-state index in [-0.39, 0.29) is 16.6 Å². The Bertz CT molecular complexity index is 1180. The highest BCUT2D eigenvalue weighted by Crippen LogP contribution is 2.27. The molecule has 3 aromatic carbocycles. The van der Waals surface area contributed by atoms with E-state index in [1.807, 2.05) is 37.3 Å². The maximum Gasteiger partial charge on any atom is 0.264 e. The zero-order valence-electron chi connectivity index (χ0n) is 19.0. The molecule has 0 fully saturated rings. The van der Waals surface area contributed by atoms with E-state index in [0.29, 0.717) is 12.3 Å². The molecular formula is C26H29FN2O3S. The Balaban J connectivity index is 1.94. The average molecular weight is 469 g/mol. The number of halogens is 1. The van der Waals surface area contributed by atoms with Crippen LogP contribution in [0.3, 0.4) is 0 Å². The number of aryl methyl sites for hydroxylation is 1. The first kappa shape index (κ1) is 24.5. The number of anilines is 1. The Morgan fingerprint density at radius 1 is 0.939 bits per heavy atom. The van der Waals surface area contributed by atoms with Crippen LogP contribution in [0.1, 0.15) is 37.4 Å². The lowest BCUT2D eigenvalue weighted by Crippen LogP contribution is -2.42. The lowest BCUT2D eigenvalue weighted by atomic mass is 9.97. The fourth-order valence-corrected chi connectivity index (χ4v) is 5.03. The van der Waals surface area contributed by atoms with E-state index in [0.717, 1.165) is 15.4 Å². The number of benzene rings is 3. The van der Waals surface area contributed by atoms with Gasteiger partial charge in [-0.3, -0.25) is 9.10 Å². The van der Waals surface area contributed by atoms with Crippen LogP contribution in [0, 0.1) is 18.7 Å². The molecule has 5 nitrogen and oxygen atoms in total. The smallest absolute Gasteiger partial charge is 0.264 e. The van der Waals surface area contributed by atoms with Crippen LogP contribution in [0.5, 0.6) is 0 Å². The number of nitrogens with zero attached hydrogens (tertiary/aromatic N) is 1. The van der Waals surface area contributed by atoms with Gasteiger partial charge in [0.2, 0.25) is 5.91 Å². The van der Waals surface area contributed by atoms with Crippen molar-refractivity contribution in [1.29, 1.82) is 0 Å². The lowest BCUT2D eigenvalue weighted by molar-refractivity contribution is -0.120. The number of nitrogens with one attached hydrogen (secondary N) is 1. The molecule has 0 aliphatic carbocycles. The topological polar surface area (TPSA) is 66.5 Å². The van der Waals surface area contributed by atoms with Crippen LogP contribution in [0.15, 0.2) is 83.8 Å². The SMILES string of the molecule is Cc1ccc(S(=O)(=O)N(CC(=O)NC(CC(C)C)c2ccccc2)c2ccccc2F)cc1. The van der Waals surface area contributed by atoms with Crippen molar-refractivity contribution in [2.75, 3.05) is 10.8 Å². The largest absolute Gasteiger partial charge is 0.348 e. The molecule has 1 atom stereocenters. The predicted octanol–water partition coefficient (Wildman–Crippen LogP) is 5.23. The van der Waals surface area contributed by atoms with E-state index < -0.39 is 28.3 Å². The number of carbonyl (C=O) groups is 1. The Morgan fingerprint density at radius 3 is 2.15 bits per heavy atom. The van der Waals surface area contributed by atoms with Gasteiger partial charge in [-0.05, 0) is 49.1 Å². The Kier molecular flexibility index (Phi) is 7.87. The van der Waals surface area contributed by atoms with Gasteiger partial charge in [0.15, 0.2) is 0 Å². The second-order valence-corrected chi connectivity index (χ2v) is 10.3. The summed E-state index contributed by atoms with van der Waals surface area (Å²) in [5.41, 5.74) is 1.65. The Hall–Kier alpha value is -3.19. The molecule has 0 heterocycles. The van der Waals surface area contributed by atoms with Crippen LogP contribution >= 0.6 is 0 Å². The van der Waals surface area contributed by atoms with Crippen molar-refractivity contribution in [3.8, 4) is 0 Å². The van der Waals surface area contributed by atoms with Crippen LogP contribution in [0.25, 0.3) is 0 Å². The molecule has 0 aliphatic heterocycles. The molecule has 1 amide bonds. The van der Waals surface area contributed by atoms with Gasteiger partial charge in [-0.1, -0.05) is 74.0 Å². The van der Waals surface area contributed by atoms with E-state index in [9.17, 15) is 17.6 Å². The molecule has 0 saturated carbocycles. The third kappa shape index (κ3) is 6.20. The van der Waals surface area contributed by atoms with E-state index >= 15 is 0 Å². The second kappa shape index (κ2) is 10.6. The molecule has 33 heavy (non-hydrogen) atoms. The van der Waals surface area contributed by atoms with E-state index in [4.69, 9.17) is 0 Å². The van der Waals surface area contributed by atoms with Gasteiger partial charge in [-0.15, -0.1) is 0 Å². The van der Waals surface area contributed by atoms with Crippen molar-refractivity contribution in [2.45, 2.75) is 38.1 Å². The summed E-state index contributed by atoms with van der Waals surface area (Å²) in [6, 6.07) is 21.0. The molecule has 0 bridgehead atoms. The van der Waals surface area contributed by atoms with E-state index in [1.54, 1.807) is 18.2 Å². The van der Waals surface area contributed by atoms with Crippen LogP contribution < -0.4 is 9.62 Å². The zero-order valence-corrected chi connectivity index (χ0v) is 19.8. The van der Waals surface area contributed by atoms with Gasteiger partial charge in [0.1, 0.15) is 12.4 Å². The summed E-state index contributed by atoms with van der Waals surface area (Å²) in [4.78, 5) is 13.1. The maximum atomic E-state index is 14.7. The summed E-state index contributed by atoms with van der Waals surface area (Å²) >= 11 is 0. The first-order valence-corrected chi connectivity index (χ1v) is 12.3. The van der Waals surface area contributed by atoms with Gasteiger partial charge in [0, 0.05) is 0 Å². The molecule has 0 saturated heterocycles. The molecule has 0 aliphatic rings. The highest BCUT2D eigenvalue weighted by Gasteiger charge is 2.30. The number of amides is 1. The molecule has 1 N–H and O–H groups in total. The van der Waals surface area contributed by atoms with E-state index in [2.05, 4.69) is 19.2 Å². The molecular weight excluding hydrogens is 439 g/mol. The van der Waals surface area contributed by atoms with Crippen molar-refractivity contribution < 1.29 is 17.6 Å². The molecule has 0 radical (unpaired) electrons. The molecule has 0 aromatic heterocycles. The van der Waals surface area contributed by atoms with Crippen molar-refractivity contribution in [3.63, 3.8) is 0 Å². The summed E-state index contributed by atoms with van der Waals surface area (Å²) in [6.07, 6.45) is 0.681. The van der Waals surface area contributed by atoms with Gasteiger partial charge in [-0.25, -0.2) is 12.8 Å². The minimum atomic E-state index is -4.18. The normalized spacial score (nSPS) is 12.4. The first-order valence-electron chi connectivity index (χ1n) is 10.9. The number of hydrogen-bond donors (Lipinski definition) is 1. The van der Waals surface area contributed by atoms with Crippen molar-refractivity contribution in [1.82, 2.24) is 5.32 Å². The van der Waals surface area contributed by atoms with Crippen LogP contribution in [0.4, 0.5) is 10.1 Å². The fourth-order valence-electron chi connectivity index (χ4n) is 3.60. The number of carbonyl (C=O) groups excluding carboxylic acids is 1. The number of hydrogen-bond acceptors (Lipinski definition) is 3.